The summed E-state index contributed by atoms with van der Waals surface area (Å²) in [7, 11) is 0. The first-order valence-electron chi connectivity index (χ1n) is 8.93. The maximum absolute atomic E-state index is 12.3. The molecular formula is C19H31N3O2. The Morgan fingerprint density at radius 1 is 1.33 bits per heavy atom. The van der Waals surface area contributed by atoms with Crippen LogP contribution >= 0.6 is 0 Å². The van der Waals surface area contributed by atoms with Crippen molar-refractivity contribution in [2.75, 3.05) is 36.5 Å². The molecule has 2 atom stereocenters. The molecule has 134 valence electrons. The summed E-state index contributed by atoms with van der Waals surface area (Å²) < 4.78 is 5.61. The number of hydrogen-bond donors (Lipinski definition) is 1. The standard InChI is InChI=1S/C19H31N3O2/c1-6-22(14(2)3)18-9-7-17(8-10-18)20-19(23)12-21-11-16(5)24-13-15(21)4/h7-10,14-16H,6,11-13H2,1-5H3,(H,20,23). The number of hydrogen-bond acceptors (Lipinski definition) is 4. The third-order valence-corrected chi connectivity index (χ3v) is 4.53. The minimum absolute atomic E-state index is 0.0277. The Morgan fingerprint density at radius 2 is 2.00 bits per heavy atom. The zero-order valence-electron chi connectivity index (χ0n) is 15.6. The van der Waals surface area contributed by atoms with Crippen molar-refractivity contribution in [3.8, 4) is 0 Å². The van der Waals surface area contributed by atoms with Crippen molar-refractivity contribution in [1.29, 1.82) is 0 Å². The van der Waals surface area contributed by atoms with E-state index in [1.54, 1.807) is 0 Å². The van der Waals surface area contributed by atoms with Gasteiger partial charge in [0.25, 0.3) is 0 Å². The molecule has 5 heteroatoms. The fourth-order valence-corrected chi connectivity index (χ4v) is 3.16. The maximum atomic E-state index is 12.3. The number of rotatable bonds is 6. The molecule has 1 N–H and O–H groups in total. The zero-order valence-corrected chi connectivity index (χ0v) is 15.6. The van der Waals surface area contributed by atoms with Crippen molar-refractivity contribution in [3.63, 3.8) is 0 Å². The van der Waals surface area contributed by atoms with E-state index in [0.29, 0.717) is 19.2 Å². The summed E-state index contributed by atoms with van der Waals surface area (Å²) in [5, 5.41) is 3.00. The highest BCUT2D eigenvalue weighted by Crippen LogP contribution is 2.20. The van der Waals surface area contributed by atoms with E-state index in [0.717, 1.165) is 18.8 Å². The summed E-state index contributed by atoms with van der Waals surface area (Å²) >= 11 is 0. The predicted molar refractivity (Wildman–Crippen MR) is 99.7 cm³/mol. The van der Waals surface area contributed by atoms with Gasteiger partial charge in [-0.3, -0.25) is 9.69 Å². The lowest BCUT2D eigenvalue weighted by Gasteiger charge is -2.36. The zero-order chi connectivity index (χ0) is 17.7. The molecule has 2 rings (SSSR count). The quantitative estimate of drug-likeness (QED) is 0.869. The monoisotopic (exact) mass is 333 g/mol. The van der Waals surface area contributed by atoms with Crippen LogP contribution in [0, 0.1) is 0 Å². The SMILES string of the molecule is CCN(c1ccc(NC(=O)CN2CC(C)OCC2C)cc1)C(C)C. The molecule has 1 fully saturated rings. The molecule has 1 aliphatic heterocycles. The van der Waals surface area contributed by atoms with Crippen molar-refractivity contribution >= 4 is 17.3 Å². The van der Waals surface area contributed by atoms with Crippen LogP contribution in [0.25, 0.3) is 0 Å². The molecule has 1 aliphatic rings. The lowest BCUT2D eigenvalue weighted by atomic mass is 10.2. The number of amides is 1. The lowest BCUT2D eigenvalue weighted by molar-refractivity contribution is -0.121. The Kier molecular flexibility index (Phi) is 6.63. The molecule has 1 amide bonds. The number of morpholine rings is 1. The van der Waals surface area contributed by atoms with Crippen LogP contribution in [-0.2, 0) is 9.53 Å². The van der Waals surface area contributed by atoms with Gasteiger partial charge in [0.05, 0.1) is 19.3 Å². The molecule has 1 aromatic carbocycles. The number of carbonyl (C=O) groups is 1. The molecule has 0 radical (unpaired) electrons. The van der Waals surface area contributed by atoms with Gasteiger partial charge in [0.1, 0.15) is 0 Å². The summed E-state index contributed by atoms with van der Waals surface area (Å²) in [5.74, 6) is 0.0277. The van der Waals surface area contributed by atoms with E-state index in [2.05, 4.69) is 54.9 Å². The third-order valence-electron chi connectivity index (χ3n) is 4.53. The van der Waals surface area contributed by atoms with Gasteiger partial charge in [-0.15, -0.1) is 0 Å². The predicted octanol–water partition coefficient (Wildman–Crippen LogP) is 2.97. The van der Waals surface area contributed by atoms with Crippen molar-refractivity contribution < 1.29 is 9.53 Å². The smallest absolute Gasteiger partial charge is 0.238 e. The molecule has 0 aliphatic carbocycles. The Balaban J connectivity index is 1.92. The summed E-state index contributed by atoms with van der Waals surface area (Å²) in [6, 6.07) is 8.82. The van der Waals surface area contributed by atoms with Gasteiger partial charge in [-0.05, 0) is 58.9 Å². The number of nitrogens with one attached hydrogen (secondary N) is 1. The topological polar surface area (TPSA) is 44.8 Å². The van der Waals surface area contributed by atoms with Crippen LogP contribution in [0.3, 0.4) is 0 Å². The molecule has 1 saturated heterocycles. The minimum atomic E-state index is 0.0277. The van der Waals surface area contributed by atoms with Gasteiger partial charge in [0, 0.05) is 36.5 Å². The second-order valence-corrected chi connectivity index (χ2v) is 6.90. The van der Waals surface area contributed by atoms with Gasteiger partial charge in [0.2, 0.25) is 5.91 Å². The molecule has 2 unspecified atom stereocenters. The molecule has 1 heterocycles. The van der Waals surface area contributed by atoms with E-state index in [1.807, 2.05) is 19.1 Å². The Bertz CT molecular complexity index is 530. The number of carbonyl (C=O) groups excluding carboxylic acids is 1. The van der Waals surface area contributed by atoms with Gasteiger partial charge < -0.3 is 15.0 Å². The lowest BCUT2D eigenvalue weighted by Crippen LogP contribution is -2.50. The highest BCUT2D eigenvalue weighted by Gasteiger charge is 2.25. The largest absolute Gasteiger partial charge is 0.376 e. The van der Waals surface area contributed by atoms with Crippen LogP contribution in [-0.4, -0.2) is 55.2 Å². The molecule has 24 heavy (non-hydrogen) atoms. The summed E-state index contributed by atoms with van der Waals surface area (Å²) in [4.78, 5) is 16.8. The summed E-state index contributed by atoms with van der Waals surface area (Å²) in [6.45, 7) is 13.5. The van der Waals surface area contributed by atoms with Gasteiger partial charge >= 0.3 is 0 Å². The number of benzene rings is 1. The van der Waals surface area contributed by atoms with Crippen molar-refractivity contribution in [2.24, 2.45) is 0 Å². The summed E-state index contributed by atoms with van der Waals surface area (Å²) in [5.41, 5.74) is 2.03. The molecule has 1 aromatic rings. The first-order valence-corrected chi connectivity index (χ1v) is 8.93. The fourth-order valence-electron chi connectivity index (χ4n) is 3.16. The van der Waals surface area contributed by atoms with E-state index in [-0.39, 0.29) is 18.1 Å². The van der Waals surface area contributed by atoms with Gasteiger partial charge in [-0.2, -0.15) is 0 Å². The van der Waals surface area contributed by atoms with Gasteiger partial charge in [-0.1, -0.05) is 0 Å². The average molecular weight is 333 g/mol. The molecule has 0 aromatic heterocycles. The van der Waals surface area contributed by atoms with E-state index >= 15 is 0 Å². The van der Waals surface area contributed by atoms with E-state index < -0.39 is 0 Å². The first kappa shape index (κ1) is 18.7. The van der Waals surface area contributed by atoms with Crippen LogP contribution in [0.4, 0.5) is 11.4 Å². The Labute approximate surface area is 146 Å². The average Bonchev–Trinajstić information content (AvgIpc) is 2.53. The molecule has 0 saturated carbocycles. The van der Waals surface area contributed by atoms with Crippen LogP contribution in [0.5, 0.6) is 0 Å². The van der Waals surface area contributed by atoms with Crippen LogP contribution in [0.1, 0.15) is 34.6 Å². The van der Waals surface area contributed by atoms with Crippen molar-refractivity contribution in [1.82, 2.24) is 4.90 Å². The first-order chi connectivity index (χ1) is 11.4. The maximum Gasteiger partial charge on any atom is 0.238 e. The van der Waals surface area contributed by atoms with Gasteiger partial charge in [-0.25, -0.2) is 0 Å². The summed E-state index contributed by atoms with van der Waals surface area (Å²) in [6.07, 6.45) is 0.185. The van der Waals surface area contributed by atoms with Gasteiger partial charge in [0.15, 0.2) is 0 Å². The fraction of sp³-hybridized carbons (Fsp3) is 0.632. The van der Waals surface area contributed by atoms with Crippen LogP contribution in [0.2, 0.25) is 0 Å². The van der Waals surface area contributed by atoms with Crippen LogP contribution in [0.15, 0.2) is 24.3 Å². The second kappa shape index (κ2) is 8.49. The molecular weight excluding hydrogens is 302 g/mol. The Morgan fingerprint density at radius 3 is 2.58 bits per heavy atom. The van der Waals surface area contributed by atoms with Crippen LogP contribution < -0.4 is 10.2 Å². The normalized spacial score (nSPS) is 21.8. The highest BCUT2D eigenvalue weighted by atomic mass is 16.5. The number of anilines is 2. The van der Waals surface area contributed by atoms with E-state index in [4.69, 9.17) is 4.74 Å². The number of nitrogens with zero attached hydrogens (tertiary/aromatic N) is 2. The van der Waals surface area contributed by atoms with E-state index in [9.17, 15) is 4.79 Å². The Hall–Kier alpha value is -1.59. The van der Waals surface area contributed by atoms with Crippen molar-refractivity contribution in [2.45, 2.75) is 52.8 Å². The highest BCUT2D eigenvalue weighted by molar-refractivity contribution is 5.92. The third kappa shape index (κ3) is 4.95. The molecule has 5 nitrogen and oxygen atoms in total. The van der Waals surface area contributed by atoms with Crippen molar-refractivity contribution in [3.05, 3.63) is 24.3 Å². The second-order valence-electron chi connectivity index (χ2n) is 6.90. The van der Waals surface area contributed by atoms with E-state index in [1.165, 1.54) is 5.69 Å². The molecule has 0 spiro atoms. The molecule has 0 bridgehead atoms. The number of ether oxygens (including phenoxy) is 1. The minimum Gasteiger partial charge on any atom is -0.376 e.